The van der Waals surface area contributed by atoms with Crippen molar-refractivity contribution >= 4 is 11.6 Å². The summed E-state index contributed by atoms with van der Waals surface area (Å²) in [6.07, 6.45) is 0.744. The summed E-state index contributed by atoms with van der Waals surface area (Å²) in [5.74, 6) is 1.98. The van der Waals surface area contributed by atoms with Crippen LogP contribution < -0.4 is 0 Å². The minimum absolute atomic E-state index is 0.0434. The molecule has 0 radical (unpaired) electrons. The lowest BCUT2D eigenvalue weighted by Gasteiger charge is -2.11. The van der Waals surface area contributed by atoms with Crippen molar-refractivity contribution in [1.82, 2.24) is 0 Å². The molecule has 0 amide bonds. The lowest BCUT2D eigenvalue weighted by atomic mass is 10.00. The summed E-state index contributed by atoms with van der Waals surface area (Å²) in [7, 11) is 0. The molecule has 0 spiro atoms. The van der Waals surface area contributed by atoms with Gasteiger partial charge >= 0.3 is 6.18 Å². The number of hydrogen-bond acceptors (Lipinski definition) is 0. The quantitative estimate of drug-likeness (QED) is 0.640. The Kier molecular flexibility index (Phi) is 3.31. The molecule has 0 aromatic heterocycles. The average Bonchev–Trinajstić information content (AvgIpc) is 2.14. The highest BCUT2D eigenvalue weighted by atomic mass is 35.5. The summed E-state index contributed by atoms with van der Waals surface area (Å²) >= 11 is 5.59. The van der Waals surface area contributed by atoms with E-state index < -0.39 is 11.7 Å². The van der Waals surface area contributed by atoms with Crippen LogP contribution in [0, 0.1) is 12.3 Å². The van der Waals surface area contributed by atoms with Crippen LogP contribution in [0.4, 0.5) is 13.2 Å². The average molecular weight is 233 g/mol. The normalized spacial score (nSPS) is 13.3. The fourth-order valence-electron chi connectivity index (χ4n) is 1.12. The van der Waals surface area contributed by atoms with Gasteiger partial charge in [-0.25, -0.2) is 0 Å². The van der Waals surface area contributed by atoms with E-state index in [1.807, 2.05) is 0 Å². The fourth-order valence-corrected chi connectivity index (χ4v) is 1.37. The molecule has 0 nitrogen and oxygen atoms in total. The largest absolute Gasteiger partial charge is 0.416 e. The first-order valence-corrected chi connectivity index (χ1v) is 4.56. The molecular weight excluding hydrogens is 225 g/mol. The first-order chi connectivity index (χ1) is 6.84. The van der Waals surface area contributed by atoms with Crippen LogP contribution in [0.1, 0.15) is 24.0 Å². The van der Waals surface area contributed by atoms with Gasteiger partial charge in [0.05, 0.1) is 5.56 Å². The van der Waals surface area contributed by atoms with Crippen molar-refractivity contribution in [2.45, 2.75) is 19.0 Å². The molecule has 0 aliphatic rings. The summed E-state index contributed by atoms with van der Waals surface area (Å²) in [4.78, 5) is 0. The number of halogens is 4. The Balaban J connectivity index is 3.24. The second-order valence-electron chi connectivity index (χ2n) is 3.16. The maximum atomic E-state index is 12.4. The van der Waals surface area contributed by atoms with Gasteiger partial charge in [-0.05, 0) is 30.7 Å². The Morgan fingerprint density at radius 3 is 2.40 bits per heavy atom. The third-order valence-electron chi connectivity index (χ3n) is 2.00. The van der Waals surface area contributed by atoms with Crippen molar-refractivity contribution in [3.05, 3.63) is 34.3 Å². The van der Waals surface area contributed by atoms with Gasteiger partial charge in [-0.3, -0.25) is 0 Å². The van der Waals surface area contributed by atoms with Gasteiger partial charge in [0.1, 0.15) is 0 Å². The van der Waals surface area contributed by atoms with E-state index in [1.165, 1.54) is 6.07 Å². The molecule has 0 heterocycles. The number of hydrogen-bond donors (Lipinski definition) is 0. The van der Waals surface area contributed by atoms with E-state index in [2.05, 4.69) is 5.92 Å². The van der Waals surface area contributed by atoms with Crippen molar-refractivity contribution in [2.75, 3.05) is 0 Å². The third kappa shape index (κ3) is 2.90. The lowest BCUT2D eigenvalue weighted by Crippen LogP contribution is -2.06. The zero-order chi connectivity index (χ0) is 11.6. The van der Waals surface area contributed by atoms with Crippen molar-refractivity contribution in [3.63, 3.8) is 0 Å². The Hall–Kier alpha value is -1.14. The monoisotopic (exact) mass is 232 g/mol. The van der Waals surface area contributed by atoms with E-state index in [0.717, 1.165) is 12.1 Å². The van der Waals surface area contributed by atoms with Gasteiger partial charge < -0.3 is 0 Å². The van der Waals surface area contributed by atoms with Crippen molar-refractivity contribution in [3.8, 4) is 12.3 Å². The zero-order valence-corrected chi connectivity index (χ0v) is 8.65. The molecule has 80 valence electrons. The molecule has 0 aliphatic heterocycles. The predicted molar refractivity (Wildman–Crippen MR) is 53.7 cm³/mol. The summed E-state index contributed by atoms with van der Waals surface area (Å²) in [6, 6.07) is 3.35. The van der Waals surface area contributed by atoms with Gasteiger partial charge in [0.15, 0.2) is 0 Å². The van der Waals surface area contributed by atoms with Gasteiger partial charge in [0, 0.05) is 10.9 Å². The van der Waals surface area contributed by atoms with Crippen molar-refractivity contribution in [1.29, 1.82) is 0 Å². The highest BCUT2D eigenvalue weighted by Crippen LogP contribution is 2.33. The molecule has 1 unspecified atom stereocenters. The van der Waals surface area contributed by atoms with E-state index in [0.29, 0.717) is 5.56 Å². The Labute approximate surface area is 91.1 Å². The molecule has 0 saturated carbocycles. The van der Waals surface area contributed by atoms with Crippen LogP contribution in [-0.4, -0.2) is 0 Å². The summed E-state index contributed by atoms with van der Waals surface area (Å²) in [5.41, 5.74) is -0.371. The van der Waals surface area contributed by atoms with Gasteiger partial charge in [0.25, 0.3) is 0 Å². The molecule has 0 saturated heterocycles. The molecule has 0 N–H and O–H groups in total. The second-order valence-corrected chi connectivity index (χ2v) is 3.60. The summed E-state index contributed by atoms with van der Waals surface area (Å²) < 4.78 is 37.2. The molecule has 15 heavy (non-hydrogen) atoms. The lowest BCUT2D eigenvalue weighted by molar-refractivity contribution is -0.137. The first-order valence-electron chi connectivity index (χ1n) is 4.18. The highest BCUT2D eigenvalue weighted by molar-refractivity contribution is 6.30. The number of rotatable bonds is 1. The topological polar surface area (TPSA) is 0 Å². The zero-order valence-electron chi connectivity index (χ0n) is 7.90. The highest BCUT2D eigenvalue weighted by Gasteiger charge is 2.31. The van der Waals surface area contributed by atoms with Crippen LogP contribution in [0.25, 0.3) is 0 Å². The summed E-state index contributed by atoms with van der Waals surface area (Å²) in [6.45, 7) is 1.64. The molecular formula is C11H8ClF3. The minimum atomic E-state index is -4.39. The van der Waals surface area contributed by atoms with Gasteiger partial charge in [-0.2, -0.15) is 13.2 Å². The molecule has 4 heteroatoms. The summed E-state index contributed by atoms with van der Waals surface area (Å²) in [5, 5.41) is 0.0434. The maximum absolute atomic E-state index is 12.4. The van der Waals surface area contributed by atoms with E-state index in [1.54, 1.807) is 6.92 Å². The van der Waals surface area contributed by atoms with Gasteiger partial charge in [0.2, 0.25) is 0 Å². The van der Waals surface area contributed by atoms with Gasteiger partial charge in [-0.15, -0.1) is 6.42 Å². The van der Waals surface area contributed by atoms with Crippen LogP contribution in [0.15, 0.2) is 18.2 Å². The Morgan fingerprint density at radius 2 is 1.93 bits per heavy atom. The molecule has 0 bridgehead atoms. The predicted octanol–water partition coefficient (Wildman–Crippen LogP) is 4.10. The third-order valence-corrected chi connectivity index (χ3v) is 2.22. The molecule has 1 aromatic rings. The van der Waals surface area contributed by atoms with Crippen LogP contribution >= 0.6 is 11.6 Å². The van der Waals surface area contributed by atoms with E-state index in [9.17, 15) is 13.2 Å². The SMILES string of the molecule is C#CC(C)c1cc(Cl)cc(C(F)(F)F)c1. The minimum Gasteiger partial charge on any atom is -0.166 e. The first kappa shape index (κ1) is 11.9. The smallest absolute Gasteiger partial charge is 0.166 e. The van der Waals surface area contributed by atoms with Gasteiger partial charge in [-0.1, -0.05) is 17.5 Å². The number of benzene rings is 1. The van der Waals surface area contributed by atoms with E-state index >= 15 is 0 Å². The van der Waals surface area contributed by atoms with E-state index in [-0.39, 0.29) is 10.9 Å². The van der Waals surface area contributed by atoms with Crippen LogP contribution in [0.3, 0.4) is 0 Å². The Morgan fingerprint density at radius 1 is 1.33 bits per heavy atom. The van der Waals surface area contributed by atoms with Crippen molar-refractivity contribution < 1.29 is 13.2 Å². The molecule has 0 fully saturated rings. The molecule has 1 atom stereocenters. The molecule has 1 aromatic carbocycles. The van der Waals surface area contributed by atoms with Crippen LogP contribution in [-0.2, 0) is 6.18 Å². The number of terminal acetylenes is 1. The standard InChI is InChI=1S/C11H8ClF3/c1-3-7(2)8-4-9(11(13,14)15)6-10(12)5-8/h1,4-7H,2H3. The molecule has 0 aliphatic carbocycles. The van der Waals surface area contributed by atoms with Crippen LogP contribution in [0.5, 0.6) is 0 Å². The fraction of sp³-hybridized carbons (Fsp3) is 0.273. The van der Waals surface area contributed by atoms with Crippen LogP contribution in [0.2, 0.25) is 5.02 Å². The number of alkyl halides is 3. The molecule has 1 rings (SSSR count). The van der Waals surface area contributed by atoms with E-state index in [4.69, 9.17) is 18.0 Å². The Bertz CT molecular complexity index is 401. The maximum Gasteiger partial charge on any atom is 0.416 e. The second kappa shape index (κ2) is 4.16. The van der Waals surface area contributed by atoms with Crippen molar-refractivity contribution in [2.24, 2.45) is 0 Å².